The molecule has 5 nitrogen and oxygen atoms in total. The van der Waals surface area contributed by atoms with Crippen LogP contribution in [-0.4, -0.2) is 17.5 Å². The summed E-state index contributed by atoms with van der Waals surface area (Å²) < 4.78 is 13.2. The smallest absolute Gasteiger partial charge is 0.271 e. The fraction of sp³-hybridized carbons (Fsp3) is 0.0500. The third kappa shape index (κ3) is 4.86. The number of hydrogen-bond acceptors (Lipinski definition) is 4. The minimum absolute atomic E-state index is 0.184. The van der Waals surface area contributed by atoms with Crippen molar-refractivity contribution in [3.05, 3.63) is 87.9 Å². The zero-order valence-corrected chi connectivity index (χ0v) is 15.2. The molecule has 0 fully saturated rings. The van der Waals surface area contributed by atoms with Gasteiger partial charge in [0.05, 0.1) is 10.6 Å². The quantitative estimate of drug-likeness (QED) is 0.511. The minimum atomic E-state index is -0.504. The monoisotopic (exact) mass is 381 g/mol. The van der Waals surface area contributed by atoms with Crippen LogP contribution < -0.4 is 10.7 Å². The highest BCUT2D eigenvalue weighted by molar-refractivity contribution is 7.12. The van der Waals surface area contributed by atoms with E-state index < -0.39 is 11.7 Å². The highest BCUT2D eigenvalue weighted by atomic mass is 32.1. The Labute approximate surface area is 159 Å². The molecule has 1 aromatic heterocycles. The van der Waals surface area contributed by atoms with E-state index in [2.05, 4.69) is 15.8 Å². The van der Waals surface area contributed by atoms with Gasteiger partial charge in [-0.25, -0.2) is 9.82 Å². The van der Waals surface area contributed by atoms with Crippen LogP contribution in [0.4, 0.5) is 10.1 Å². The fourth-order valence-electron chi connectivity index (χ4n) is 2.32. The SMILES string of the molecule is C/C(=N\NC(=O)c1cccc(F)c1)c1cccc(NC(=O)c2cccs2)c1. The Morgan fingerprint density at radius 2 is 1.74 bits per heavy atom. The van der Waals surface area contributed by atoms with E-state index in [1.807, 2.05) is 17.5 Å². The molecule has 0 aliphatic heterocycles. The summed E-state index contributed by atoms with van der Waals surface area (Å²) in [5, 5.41) is 8.72. The first-order valence-electron chi connectivity index (χ1n) is 8.08. The van der Waals surface area contributed by atoms with Crippen LogP contribution in [0.3, 0.4) is 0 Å². The van der Waals surface area contributed by atoms with Crippen molar-refractivity contribution in [1.82, 2.24) is 5.43 Å². The molecule has 0 aliphatic carbocycles. The molecule has 0 bridgehead atoms. The summed E-state index contributed by atoms with van der Waals surface area (Å²) in [5.41, 5.74) is 4.49. The Balaban J connectivity index is 1.69. The predicted octanol–water partition coefficient (Wildman–Crippen LogP) is 4.29. The van der Waals surface area contributed by atoms with Gasteiger partial charge >= 0.3 is 0 Å². The molecular formula is C20H16FN3O2S. The van der Waals surface area contributed by atoms with Gasteiger partial charge in [-0.2, -0.15) is 5.10 Å². The number of nitrogens with zero attached hydrogens (tertiary/aromatic N) is 1. The van der Waals surface area contributed by atoms with E-state index in [9.17, 15) is 14.0 Å². The lowest BCUT2D eigenvalue weighted by Crippen LogP contribution is -2.19. The van der Waals surface area contributed by atoms with Gasteiger partial charge < -0.3 is 5.32 Å². The Kier molecular flexibility index (Phi) is 5.73. The van der Waals surface area contributed by atoms with Crippen molar-refractivity contribution in [1.29, 1.82) is 0 Å². The van der Waals surface area contributed by atoms with Crippen LogP contribution in [0, 0.1) is 5.82 Å². The summed E-state index contributed by atoms with van der Waals surface area (Å²) in [6.07, 6.45) is 0. The molecule has 136 valence electrons. The van der Waals surface area contributed by atoms with Crippen molar-refractivity contribution in [3.63, 3.8) is 0 Å². The van der Waals surface area contributed by atoms with Gasteiger partial charge in [0.2, 0.25) is 0 Å². The number of halogens is 1. The lowest BCUT2D eigenvalue weighted by Gasteiger charge is -2.07. The first-order chi connectivity index (χ1) is 13.0. The van der Waals surface area contributed by atoms with Gasteiger partial charge in [0, 0.05) is 11.3 Å². The number of amides is 2. The van der Waals surface area contributed by atoms with Gasteiger partial charge in [0.25, 0.3) is 11.8 Å². The minimum Gasteiger partial charge on any atom is -0.321 e. The second-order valence-corrected chi connectivity index (χ2v) is 6.61. The summed E-state index contributed by atoms with van der Waals surface area (Å²) in [6.45, 7) is 1.73. The first kappa shape index (κ1) is 18.5. The number of anilines is 1. The molecule has 0 unspecified atom stereocenters. The Hall–Kier alpha value is -3.32. The largest absolute Gasteiger partial charge is 0.321 e. The summed E-state index contributed by atoms with van der Waals surface area (Å²) in [6, 6.07) is 16.1. The Morgan fingerprint density at radius 3 is 2.48 bits per heavy atom. The van der Waals surface area contributed by atoms with E-state index in [0.29, 0.717) is 16.3 Å². The molecular weight excluding hydrogens is 365 g/mol. The molecule has 0 radical (unpaired) electrons. The third-order valence-electron chi connectivity index (χ3n) is 3.70. The van der Waals surface area contributed by atoms with Crippen molar-refractivity contribution in [2.45, 2.75) is 6.92 Å². The van der Waals surface area contributed by atoms with Crippen LogP contribution in [-0.2, 0) is 0 Å². The molecule has 27 heavy (non-hydrogen) atoms. The first-order valence-corrected chi connectivity index (χ1v) is 8.96. The summed E-state index contributed by atoms with van der Waals surface area (Å²) >= 11 is 1.36. The van der Waals surface area contributed by atoms with Gasteiger partial charge in [0.15, 0.2) is 0 Å². The van der Waals surface area contributed by atoms with Gasteiger partial charge in [0.1, 0.15) is 5.82 Å². The van der Waals surface area contributed by atoms with Gasteiger partial charge in [-0.15, -0.1) is 11.3 Å². The fourth-order valence-corrected chi connectivity index (χ4v) is 2.93. The van der Waals surface area contributed by atoms with Crippen molar-refractivity contribution in [2.24, 2.45) is 5.10 Å². The lowest BCUT2D eigenvalue weighted by atomic mass is 10.1. The van der Waals surface area contributed by atoms with Crippen LogP contribution >= 0.6 is 11.3 Å². The summed E-state index contributed by atoms with van der Waals surface area (Å²) in [7, 11) is 0. The molecule has 2 amide bonds. The van der Waals surface area contributed by atoms with Crippen LogP contribution in [0.25, 0.3) is 0 Å². The van der Waals surface area contributed by atoms with Crippen molar-refractivity contribution >= 4 is 34.6 Å². The maximum Gasteiger partial charge on any atom is 0.271 e. The van der Waals surface area contributed by atoms with E-state index >= 15 is 0 Å². The van der Waals surface area contributed by atoms with Crippen LogP contribution in [0.15, 0.2) is 71.1 Å². The highest BCUT2D eigenvalue weighted by Gasteiger charge is 2.09. The standard InChI is InChI=1S/C20H16FN3O2S/c1-13(23-24-19(25)15-6-2-7-16(21)11-15)14-5-3-8-17(12-14)22-20(26)18-9-4-10-27-18/h2-12H,1H3,(H,22,26)(H,24,25)/b23-13+. The topological polar surface area (TPSA) is 70.6 Å². The molecule has 7 heteroatoms. The van der Waals surface area contributed by atoms with Crippen LogP contribution in [0.2, 0.25) is 0 Å². The highest BCUT2D eigenvalue weighted by Crippen LogP contribution is 2.15. The average Bonchev–Trinajstić information content (AvgIpc) is 3.21. The maximum atomic E-state index is 13.2. The lowest BCUT2D eigenvalue weighted by molar-refractivity contribution is 0.0953. The van der Waals surface area contributed by atoms with E-state index in [1.165, 1.54) is 29.5 Å². The van der Waals surface area contributed by atoms with Gasteiger partial charge in [-0.3, -0.25) is 9.59 Å². The summed E-state index contributed by atoms with van der Waals surface area (Å²) in [4.78, 5) is 24.8. The zero-order valence-electron chi connectivity index (χ0n) is 14.4. The van der Waals surface area contributed by atoms with Crippen molar-refractivity contribution in [2.75, 3.05) is 5.32 Å². The molecule has 2 N–H and O–H groups in total. The molecule has 3 rings (SSSR count). The number of benzene rings is 2. The number of carbonyl (C=O) groups excluding carboxylic acids is 2. The zero-order chi connectivity index (χ0) is 19.2. The number of carbonyl (C=O) groups is 2. The van der Waals surface area contributed by atoms with Gasteiger partial charge in [-0.1, -0.05) is 24.3 Å². The molecule has 0 saturated heterocycles. The van der Waals surface area contributed by atoms with Gasteiger partial charge in [-0.05, 0) is 54.3 Å². The van der Waals surface area contributed by atoms with E-state index in [0.717, 1.165) is 11.6 Å². The van der Waals surface area contributed by atoms with E-state index in [4.69, 9.17) is 0 Å². The van der Waals surface area contributed by atoms with E-state index in [-0.39, 0.29) is 11.5 Å². The Bertz CT molecular complexity index is 1000. The molecule has 2 aromatic carbocycles. The number of rotatable bonds is 5. The second kappa shape index (κ2) is 8.37. The Morgan fingerprint density at radius 1 is 0.963 bits per heavy atom. The van der Waals surface area contributed by atoms with Crippen molar-refractivity contribution in [3.8, 4) is 0 Å². The molecule has 0 aliphatic rings. The average molecular weight is 381 g/mol. The maximum absolute atomic E-state index is 13.2. The number of nitrogens with one attached hydrogen (secondary N) is 2. The van der Waals surface area contributed by atoms with E-state index in [1.54, 1.807) is 31.2 Å². The van der Waals surface area contributed by atoms with Crippen LogP contribution in [0.5, 0.6) is 0 Å². The number of thiophene rings is 1. The number of hydrazone groups is 1. The molecule has 0 atom stereocenters. The molecule has 0 spiro atoms. The third-order valence-corrected chi connectivity index (χ3v) is 4.56. The second-order valence-electron chi connectivity index (χ2n) is 5.66. The molecule has 1 heterocycles. The summed E-state index contributed by atoms with van der Waals surface area (Å²) in [5.74, 6) is -1.18. The molecule has 0 saturated carbocycles. The predicted molar refractivity (Wildman–Crippen MR) is 105 cm³/mol. The normalized spacial score (nSPS) is 11.1. The molecule has 3 aromatic rings. The van der Waals surface area contributed by atoms with Crippen LogP contribution in [0.1, 0.15) is 32.5 Å². The number of hydrogen-bond donors (Lipinski definition) is 2. The van der Waals surface area contributed by atoms with Crippen molar-refractivity contribution < 1.29 is 14.0 Å².